The Hall–Kier alpha value is -0.540. The zero-order valence-electron chi connectivity index (χ0n) is 11.1. The van der Waals surface area contributed by atoms with Gasteiger partial charge in [-0.2, -0.15) is 0 Å². The van der Waals surface area contributed by atoms with Gasteiger partial charge in [-0.25, -0.2) is 0 Å². The molecule has 0 saturated heterocycles. The summed E-state index contributed by atoms with van der Waals surface area (Å²) in [6.45, 7) is 2.12. The van der Waals surface area contributed by atoms with Crippen LogP contribution in [-0.4, -0.2) is 5.88 Å². The van der Waals surface area contributed by atoms with Gasteiger partial charge < -0.3 is 0 Å². The van der Waals surface area contributed by atoms with Gasteiger partial charge in [-0.15, -0.1) is 11.6 Å². The molecule has 0 aliphatic rings. The van der Waals surface area contributed by atoms with Crippen molar-refractivity contribution in [2.75, 3.05) is 5.88 Å². The van der Waals surface area contributed by atoms with Crippen LogP contribution in [0.2, 0.25) is 0 Å². The van der Waals surface area contributed by atoms with E-state index in [2.05, 4.69) is 78.0 Å². The summed E-state index contributed by atoms with van der Waals surface area (Å²) in [5.41, 5.74) is 4.06. The van der Waals surface area contributed by atoms with Gasteiger partial charge in [0.1, 0.15) is 0 Å². The third-order valence-corrected chi connectivity index (χ3v) is 4.46. The molecule has 0 heterocycles. The minimum Gasteiger partial charge on any atom is -0.126 e. The average molecular weight is 385 g/mol. The van der Waals surface area contributed by atoms with Crippen LogP contribution < -0.4 is 0 Å². The summed E-state index contributed by atoms with van der Waals surface area (Å²) in [7, 11) is 0. The number of hydrogen-bond acceptors (Lipinski definition) is 0. The average Bonchev–Trinajstić information content (AvgIpc) is 2.43. The Kier molecular flexibility index (Phi) is 5.71. The molecule has 2 heteroatoms. The third-order valence-electron chi connectivity index (χ3n) is 3.30. The van der Waals surface area contributed by atoms with Crippen molar-refractivity contribution in [3.8, 4) is 0 Å². The molecule has 2 aromatic rings. The van der Waals surface area contributed by atoms with Crippen molar-refractivity contribution in [3.63, 3.8) is 0 Å². The Morgan fingerprint density at radius 1 is 0.895 bits per heavy atom. The molecule has 0 spiro atoms. The predicted octanol–water partition coefficient (Wildman–Crippen LogP) is 5.24. The van der Waals surface area contributed by atoms with Crippen LogP contribution in [0.5, 0.6) is 0 Å². The van der Waals surface area contributed by atoms with Crippen molar-refractivity contribution in [3.05, 3.63) is 68.8 Å². The van der Waals surface area contributed by atoms with E-state index in [1.165, 1.54) is 20.3 Å². The summed E-state index contributed by atoms with van der Waals surface area (Å²) in [5.74, 6) is 1.21. The molecule has 0 amide bonds. The highest BCUT2D eigenvalue weighted by molar-refractivity contribution is 14.1. The highest BCUT2D eigenvalue weighted by Crippen LogP contribution is 2.17. The second-order valence-electron chi connectivity index (χ2n) is 5.04. The van der Waals surface area contributed by atoms with Crippen molar-refractivity contribution in [2.24, 2.45) is 5.92 Å². The van der Waals surface area contributed by atoms with E-state index in [1.54, 1.807) is 0 Å². The zero-order chi connectivity index (χ0) is 13.7. The van der Waals surface area contributed by atoms with E-state index < -0.39 is 0 Å². The molecule has 0 N–H and O–H groups in total. The van der Waals surface area contributed by atoms with Crippen molar-refractivity contribution in [1.29, 1.82) is 0 Å². The van der Waals surface area contributed by atoms with Crippen molar-refractivity contribution in [2.45, 2.75) is 19.8 Å². The van der Waals surface area contributed by atoms with E-state index in [9.17, 15) is 0 Å². The normalized spacial score (nSPS) is 12.4. The molecule has 0 saturated carbocycles. The highest BCUT2D eigenvalue weighted by atomic mass is 127. The Bertz CT molecular complexity index is 454. The molecule has 2 aromatic carbocycles. The van der Waals surface area contributed by atoms with Crippen molar-refractivity contribution < 1.29 is 0 Å². The second-order valence-corrected chi connectivity index (χ2v) is 6.59. The van der Waals surface area contributed by atoms with Gasteiger partial charge in [-0.1, -0.05) is 42.0 Å². The van der Waals surface area contributed by atoms with Crippen LogP contribution in [0.25, 0.3) is 0 Å². The molecule has 0 aromatic heterocycles. The molecule has 0 radical (unpaired) electrons. The van der Waals surface area contributed by atoms with E-state index in [-0.39, 0.29) is 0 Å². The van der Waals surface area contributed by atoms with Gasteiger partial charge in [-0.05, 0) is 71.5 Å². The molecule has 1 atom stereocenters. The van der Waals surface area contributed by atoms with Crippen LogP contribution in [0, 0.1) is 16.4 Å². The molecule has 19 heavy (non-hydrogen) atoms. The molecule has 0 aliphatic heterocycles. The first kappa shape index (κ1) is 14.9. The third kappa shape index (κ3) is 4.81. The lowest BCUT2D eigenvalue weighted by molar-refractivity contribution is 0.584. The summed E-state index contributed by atoms with van der Waals surface area (Å²) >= 11 is 8.46. The molecular weight excluding hydrogens is 367 g/mol. The first-order valence-corrected chi connectivity index (χ1v) is 8.14. The molecule has 0 bridgehead atoms. The minimum atomic E-state index is 0.504. The first-order valence-electron chi connectivity index (χ1n) is 6.53. The molecule has 1 unspecified atom stereocenters. The van der Waals surface area contributed by atoms with Crippen LogP contribution in [-0.2, 0) is 12.8 Å². The highest BCUT2D eigenvalue weighted by Gasteiger charge is 2.09. The summed E-state index contributed by atoms with van der Waals surface area (Å²) in [6, 6.07) is 17.5. The fourth-order valence-electron chi connectivity index (χ4n) is 2.19. The molecule has 0 fully saturated rings. The predicted molar refractivity (Wildman–Crippen MR) is 92.0 cm³/mol. The zero-order valence-corrected chi connectivity index (χ0v) is 14.0. The fourth-order valence-corrected chi connectivity index (χ4v) is 2.77. The second kappa shape index (κ2) is 7.30. The molecule has 0 nitrogen and oxygen atoms in total. The molecule has 2 rings (SSSR count). The van der Waals surface area contributed by atoms with Gasteiger partial charge >= 0.3 is 0 Å². The maximum atomic E-state index is 6.13. The number of alkyl halides is 1. The van der Waals surface area contributed by atoms with E-state index in [0.717, 1.165) is 12.8 Å². The van der Waals surface area contributed by atoms with Gasteiger partial charge in [0.15, 0.2) is 0 Å². The standard InChI is InChI=1S/C17H18ClI/c1-13-2-4-14(5-3-13)10-16(12-18)11-15-6-8-17(19)9-7-15/h2-9,16H,10-12H2,1H3. The number of halogens is 2. The summed E-state index contributed by atoms with van der Waals surface area (Å²) in [6.07, 6.45) is 2.10. The fraction of sp³-hybridized carbons (Fsp3) is 0.294. The summed E-state index contributed by atoms with van der Waals surface area (Å²) in [4.78, 5) is 0. The van der Waals surface area contributed by atoms with Crippen molar-refractivity contribution >= 4 is 34.2 Å². The largest absolute Gasteiger partial charge is 0.126 e. The Morgan fingerprint density at radius 2 is 1.37 bits per heavy atom. The maximum Gasteiger partial charge on any atom is 0.0258 e. The van der Waals surface area contributed by atoms with Gasteiger partial charge in [0.05, 0.1) is 0 Å². The van der Waals surface area contributed by atoms with E-state index in [1.807, 2.05) is 0 Å². The van der Waals surface area contributed by atoms with Crippen LogP contribution >= 0.6 is 34.2 Å². The van der Waals surface area contributed by atoms with E-state index in [4.69, 9.17) is 11.6 Å². The van der Waals surface area contributed by atoms with Crippen LogP contribution in [0.4, 0.5) is 0 Å². The van der Waals surface area contributed by atoms with E-state index >= 15 is 0 Å². The topological polar surface area (TPSA) is 0 Å². The van der Waals surface area contributed by atoms with Crippen molar-refractivity contribution in [1.82, 2.24) is 0 Å². The van der Waals surface area contributed by atoms with Crippen LogP contribution in [0.3, 0.4) is 0 Å². The smallest absolute Gasteiger partial charge is 0.0258 e. The monoisotopic (exact) mass is 384 g/mol. The first-order chi connectivity index (χ1) is 9.17. The number of aryl methyl sites for hydroxylation is 1. The number of benzene rings is 2. The molecular formula is C17H18ClI. The Labute approximate surface area is 134 Å². The van der Waals surface area contributed by atoms with Gasteiger partial charge in [0.2, 0.25) is 0 Å². The SMILES string of the molecule is Cc1ccc(CC(CCl)Cc2ccc(I)cc2)cc1. The van der Waals surface area contributed by atoms with Gasteiger partial charge in [-0.3, -0.25) is 0 Å². The minimum absolute atomic E-state index is 0.504. The maximum absolute atomic E-state index is 6.13. The Balaban J connectivity index is 2.00. The number of hydrogen-bond donors (Lipinski definition) is 0. The molecule has 0 aliphatic carbocycles. The van der Waals surface area contributed by atoms with Crippen LogP contribution in [0.1, 0.15) is 16.7 Å². The van der Waals surface area contributed by atoms with Gasteiger partial charge in [0, 0.05) is 9.45 Å². The summed E-state index contributed by atoms with van der Waals surface area (Å²) < 4.78 is 1.28. The Morgan fingerprint density at radius 3 is 1.84 bits per heavy atom. The lowest BCUT2D eigenvalue weighted by Crippen LogP contribution is -2.10. The van der Waals surface area contributed by atoms with Crippen LogP contribution in [0.15, 0.2) is 48.5 Å². The number of rotatable bonds is 5. The van der Waals surface area contributed by atoms with E-state index in [0.29, 0.717) is 11.8 Å². The lowest BCUT2D eigenvalue weighted by Gasteiger charge is -2.14. The lowest BCUT2D eigenvalue weighted by atomic mass is 9.94. The van der Waals surface area contributed by atoms with Gasteiger partial charge in [0.25, 0.3) is 0 Å². The quantitative estimate of drug-likeness (QED) is 0.488. The molecule has 100 valence electrons. The summed E-state index contributed by atoms with van der Waals surface area (Å²) in [5, 5.41) is 0.